The second-order valence-electron chi connectivity index (χ2n) is 8.32. The van der Waals surface area contributed by atoms with Crippen molar-refractivity contribution in [2.75, 3.05) is 31.6 Å². The molecule has 15 heteroatoms. The van der Waals surface area contributed by atoms with Gasteiger partial charge in [-0.3, -0.25) is 9.59 Å². The van der Waals surface area contributed by atoms with Crippen molar-refractivity contribution in [1.82, 2.24) is 14.2 Å². The molecule has 0 aliphatic carbocycles. The van der Waals surface area contributed by atoms with Crippen molar-refractivity contribution in [1.29, 1.82) is 0 Å². The molecule has 35 heavy (non-hydrogen) atoms. The van der Waals surface area contributed by atoms with Gasteiger partial charge in [-0.2, -0.15) is 0 Å². The fraction of sp³-hybridized carbons (Fsp3) is 0.400. The first-order chi connectivity index (χ1) is 16.4. The van der Waals surface area contributed by atoms with E-state index in [4.69, 9.17) is 15.6 Å². The van der Waals surface area contributed by atoms with E-state index in [2.05, 4.69) is 10.0 Å². The highest BCUT2D eigenvalue weighted by Gasteiger charge is 2.43. The van der Waals surface area contributed by atoms with Crippen molar-refractivity contribution in [3.63, 3.8) is 0 Å². The predicted molar refractivity (Wildman–Crippen MR) is 114 cm³/mol. The number of sulfonamides is 1. The number of nitrogens with two attached hydrogens (primary N) is 1. The molecular weight excluding hydrogens is 495 g/mol. The number of anilines is 1. The predicted octanol–water partition coefficient (Wildman–Crippen LogP) is -0.488. The number of hydrogen-bond acceptors (Lipinski definition) is 7. The summed E-state index contributed by atoms with van der Waals surface area (Å²) in [4.78, 5) is 26.2. The Morgan fingerprint density at radius 1 is 1.29 bits per heavy atom. The van der Waals surface area contributed by atoms with Crippen LogP contribution in [0.3, 0.4) is 0 Å². The first-order valence-electron chi connectivity index (χ1n) is 10.4. The smallest absolute Gasteiger partial charge is 0.276 e. The molecule has 2 aromatic rings. The summed E-state index contributed by atoms with van der Waals surface area (Å²) in [6, 6.07) is -0.695. The van der Waals surface area contributed by atoms with E-state index in [1.807, 2.05) is 0 Å². The van der Waals surface area contributed by atoms with E-state index in [-0.39, 0.29) is 36.0 Å². The molecule has 3 atom stereocenters. The van der Waals surface area contributed by atoms with Crippen molar-refractivity contribution in [2.45, 2.75) is 17.0 Å². The van der Waals surface area contributed by atoms with Gasteiger partial charge < -0.3 is 30.4 Å². The standard InChI is InChI=1S/C20H22F3N5O6S/c1-27-6-15-18(17(27)19(30)25-10-2-11(21)16(23)12(22)3-10)34-8-9-4-28(20(31)13(24)7-29)5-14(9)26-35(15,32)33/h2-3,6,9,13-14,26,29H,4-5,7-8,24H2,1H3,(H,25,30)/t9?,13-,14?/m0/s1. The average molecular weight is 517 g/mol. The number of aryl methyl sites for hydroxylation is 1. The number of aromatic nitrogens is 1. The van der Waals surface area contributed by atoms with Gasteiger partial charge >= 0.3 is 0 Å². The molecule has 5 N–H and O–H groups in total. The SMILES string of the molecule is Cn1cc2c(c1C(=O)Nc1cc(F)c(F)c(F)c1)OCC1CN(C(=O)[C@@H](N)CO)CC1NS2(=O)=O. The second-order valence-corrected chi connectivity index (χ2v) is 10.0. The highest BCUT2D eigenvalue weighted by atomic mass is 32.2. The zero-order chi connectivity index (χ0) is 25.7. The molecular formula is C20H22F3N5O6S. The van der Waals surface area contributed by atoms with Crippen LogP contribution in [0.25, 0.3) is 0 Å². The fourth-order valence-corrected chi connectivity index (χ4v) is 5.60. The number of benzene rings is 1. The molecule has 2 amide bonds. The lowest BCUT2D eigenvalue weighted by Crippen LogP contribution is -2.46. The quantitative estimate of drug-likeness (QED) is 0.399. The Bertz CT molecular complexity index is 1280. The molecule has 1 saturated heterocycles. The molecule has 2 aliphatic heterocycles. The summed E-state index contributed by atoms with van der Waals surface area (Å²) in [5, 5.41) is 11.3. The summed E-state index contributed by atoms with van der Waals surface area (Å²) in [6.45, 7) is -0.545. The summed E-state index contributed by atoms with van der Waals surface area (Å²) >= 11 is 0. The van der Waals surface area contributed by atoms with Crippen LogP contribution in [-0.2, 0) is 21.9 Å². The lowest BCUT2D eigenvalue weighted by Gasteiger charge is -2.23. The highest BCUT2D eigenvalue weighted by molar-refractivity contribution is 7.89. The van der Waals surface area contributed by atoms with Gasteiger partial charge in [0.1, 0.15) is 10.9 Å². The largest absolute Gasteiger partial charge is 0.489 e. The third-order valence-electron chi connectivity index (χ3n) is 5.86. The van der Waals surface area contributed by atoms with Crippen LogP contribution < -0.4 is 20.5 Å². The van der Waals surface area contributed by atoms with Crippen LogP contribution in [0, 0.1) is 23.4 Å². The number of amides is 2. The molecule has 0 radical (unpaired) electrons. The van der Waals surface area contributed by atoms with Crippen LogP contribution >= 0.6 is 0 Å². The molecule has 1 aromatic carbocycles. The number of likely N-dealkylation sites (tertiary alicyclic amines) is 1. The Balaban J connectivity index is 1.63. The molecule has 0 spiro atoms. The zero-order valence-electron chi connectivity index (χ0n) is 18.3. The number of halogens is 3. The number of hydrogen-bond donors (Lipinski definition) is 4. The van der Waals surface area contributed by atoms with Crippen molar-refractivity contribution in [2.24, 2.45) is 18.7 Å². The van der Waals surface area contributed by atoms with Crippen LogP contribution in [0.4, 0.5) is 18.9 Å². The van der Waals surface area contributed by atoms with Gasteiger partial charge in [0, 0.05) is 56.1 Å². The molecule has 0 bridgehead atoms. The minimum absolute atomic E-state index is 0.0109. The number of aliphatic hydroxyl groups is 1. The molecule has 2 unspecified atom stereocenters. The number of fused-ring (bicyclic) bond motifs is 2. The van der Waals surface area contributed by atoms with Gasteiger partial charge in [-0.25, -0.2) is 26.3 Å². The zero-order valence-corrected chi connectivity index (χ0v) is 19.1. The van der Waals surface area contributed by atoms with Crippen LogP contribution in [0.1, 0.15) is 10.5 Å². The summed E-state index contributed by atoms with van der Waals surface area (Å²) in [5.74, 6) is -7.03. The number of aliphatic hydroxyl groups excluding tert-OH is 1. The molecule has 190 valence electrons. The average Bonchev–Trinajstić information content (AvgIpc) is 3.34. The van der Waals surface area contributed by atoms with Gasteiger partial charge in [0.25, 0.3) is 5.91 Å². The Labute approximate surface area is 197 Å². The summed E-state index contributed by atoms with van der Waals surface area (Å²) in [7, 11) is -2.85. The van der Waals surface area contributed by atoms with Crippen LogP contribution in [0.2, 0.25) is 0 Å². The summed E-state index contributed by atoms with van der Waals surface area (Å²) in [6.07, 6.45) is 1.14. The molecule has 4 rings (SSSR count). The molecule has 3 heterocycles. The van der Waals surface area contributed by atoms with E-state index >= 15 is 0 Å². The Hall–Kier alpha value is -3.14. The van der Waals surface area contributed by atoms with E-state index < -0.39 is 69.6 Å². The van der Waals surface area contributed by atoms with E-state index in [1.54, 1.807) is 0 Å². The Morgan fingerprint density at radius 2 is 1.94 bits per heavy atom. The molecule has 1 fully saturated rings. The number of nitrogens with one attached hydrogen (secondary N) is 2. The fourth-order valence-electron chi connectivity index (χ4n) is 4.11. The van der Waals surface area contributed by atoms with Crippen molar-refractivity contribution < 1.29 is 41.0 Å². The van der Waals surface area contributed by atoms with E-state index in [1.165, 1.54) is 16.5 Å². The number of carbonyl (C=O) groups is 2. The lowest BCUT2D eigenvalue weighted by atomic mass is 10.1. The first kappa shape index (κ1) is 25.0. The van der Waals surface area contributed by atoms with Gasteiger partial charge in [-0.05, 0) is 0 Å². The maximum Gasteiger partial charge on any atom is 0.276 e. The monoisotopic (exact) mass is 517 g/mol. The minimum Gasteiger partial charge on any atom is -0.489 e. The van der Waals surface area contributed by atoms with E-state index in [0.717, 1.165) is 6.20 Å². The van der Waals surface area contributed by atoms with Gasteiger partial charge in [0.2, 0.25) is 15.9 Å². The van der Waals surface area contributed by atoms with Crippen LogP contribution in [0.15, 0.2) is 23.2 Å². The lowest BCUT2D eigenvalue weighted by molar-refractivity contribution is -0.132. The minimum atomic E-state index is -4.22. The number of nitrogens with zero attached hydrogens (tertiary/aromatic N) is 2. The Kier molecular flexibility index (Phi) is 6.52. The van der Waals surface area contributed by atoms with Gasteiger partial charge in [-0.1, -0.05) is 0 Å². The van der Waals surface area contributed by atoms with Gasteiger partial charge in [-0.15, -0.1) is 0 Å². The number of rotatable bonds is 4. The van der Waals surface area contributed by atoms with Crippen LogP contribution in [-0.4, -0.2) is 73.2 Å². The third-order valence-corrected chi connectivity index (χ3v) is 7.35. The summed E-state index contributed by atoms with van der Waals surface area (Å²) < 4.78 is 75.9. The molecule has 0 saturated carbocycles. The van der Waals surface area contributed by atoms with Crippen molar-refractivity contribution >= 4 is 27.5 Å². The topological polar surface area (TPSA) is 156 Å². The highest BCUT2D eigenvalue weighted by Crippen LogP contribution is 2.35. The first-order valence-corrected chi connectivity index (χ1v) is 11.9. The van der Waals surface area contributed by atoms with E-state index in [0.29, 0.717) is 12.1 Å². The van der Waals surface area contributed by atoms with Crippen molar-refractivity contribution in [3.05, 3.63) is 41.5 Å². The van der Waals surface area contributed by atoms with Crippen LogP contribution in [0.5, 0.6) is 5.75 Å². The molecule has 2 aliphatic rings. The van der Waals surface area contributed by atoms with E-state index in [9.17, 15) is 31.2 Å². The Morgan fingerprint density at radius 3 is 2.57 bits per heavy atom. The van der Waals surface area contributed by atoms with Crippen molar-refractivity contribution in [3.8, 4) is 5.75 Å². The summed E-state index contributed by atoms with van der Waals surface area (Å²) in [5.41, 5.74) is 4.93. The second kappa shape index (κ2) is 9.14. The maximum atomic E-state index is 13.5. The van der Waals surface area contributed by atoms with Gasteiger partial charge in [0.05, 0.1) is 13.2 Å². The molecule has 1 aromatic heterocycles. The third kappa shape index (κ3) is 4.59. The van der Waals surface area contributed by atoms with Gasteiger partial charge in [0.15, 0.2) is 28.9 Å². The number of carbonyl (C=O) groups excluding carboxylic acids is 2. The normalized spacial score (nSPS) is 21.8. The molecule has 11 nitrogen and oxygen atoms in total. The maximum absolute atomic E-state index is 13.5. The number of ether oxygens (including phenoxy) is 1.